The zero-order chi connectivity index (χ0) is 20.1. The largest absolute Gasteiger partial charge is 0.416 e. The summed E-state index contributed by atoms with van der Waals surface area (Å²) >= 11 is 0. The summed E-state index contributed by atoms with van der Waals surface area (Å²) in [5, 5.41) is 11.2. The Bertz CT molecular complexity index is 1100. The first-order chi connectivity index (χ1) is 14.2. The van der Waals surface area contributed by atoms with Crippen molar-refractivity contribution in [2.75, 3.05) is 5.32 Å². The van der Waals surface area contributed by atoms with Crippen LogP contribution in [0.1, 0.15) is 17.5 Å². The van der Waals surface area contributed by atoms with Gasteiger partial charge in [0.05, 0.1) is 0 Å². The first-order valence-electron chi connectivity index (χ1n) is 9.53. The number of hydrogen-bond donors (Lipinski definition) is 1. The molecule has 0 unspecified atom stereocenters. The number of carbonyl (C=O) groups excluding carboxylic acids is 1. The van der Waals surface area contributed by atoms with Crippen molar-refractivity contribution in [3.8, 4) is 22.9 Å². The molecule has 0 spiro atoms. The summed E-state index contributed by atoms with van der Waals surface area (Å²) in [6.07, 6.45) is 1.16. The molecule has 0 radical (unpaired) electrons. The van der Waals surface area contributed by atoms with Gasteiger partial charge in [-0.3, -0.25) is 4.79 Å². The average Bonchev–Trinajstić information content (AvgIpc) is 3.24. The Hall–Kier alpha value is -3.73. The summed E-state index contributed by atoms with van der Waals surface area (Å²) in [4.78, 5) is 12.2. The summed E-state index contributed by atoms with van der Waals surface area (Å²) < 4.78 is 5.84. The minimum absolute atomic E-state index is 0.0127. The van der Waals surface area contributed by atoms with Crippen LogP contribution >= 0.6 is 0 Å². The molecule has 144 valence electrons. The standard InChI is InChI=1S/C24H21N3O2/c1-17-7-5-6-10-21(17)24-27-26-23(29-24)19-12-14-20(15-13-19)25-22(28)16-11-18-8-3-2-4-9-18/h2-10,12-15H,11,16H2,1H3,(H,25,28). The van der Waals surface area contributed by atoms with Crippen molar-refractivity contribution >= 4 is 11.6 Å². The molecule has 3 aromatic carbocycles. The maximum atomic E-state index is 12.2. The normalized spacial score (nSPS) is 10.7. The van der Waals surface area contributed by atoms with E-state index in [0.717, 1.165) is 27.9 Å². The average molecular weight is 383 g/mol. The van der Waals surface area contributed by atoms with Crippen LogP contribution in [-0.4, -0.2) is 16.1 Å². The smallest absolute Gasteiger partial charge is 0.248 e. The van der Waals surface area contributed by atoms with Crippen LogP contribution in [0.25, 0.3) is 22.9 Å². The van der Waals surface area contributed by atoms with Gasteiger partial charge in [0.1, 0.15) is 0 Å². The van der Waals surface area contributed by atoms with Crippen molar-refractivity contribution in [2.24, 2.45) is 0 Å². The molecule has 5 nitrogen and oxygen atoms in total. The number of hydrogen-bond acceptors (Lipinski definition) is 4. The Labute approximate surface area is 169 Å². The Morgan fingerprint density at radius 3 is 2.31 bits per heavy atom. The SMILES string of the molecule is Cc1ccccc1-c1nnc(-c2ccc(NC(=O)CCc3ccccc3)cc2)o1. The lowest BCUT2D eigenvalue weighted by Crippen LogP contribution is -2.12. The Morgan fingerprint density at radius 1 is 0.862 bits per heavy atom. The van der Waals surface area contributed by atoms with E-state index in [-0.39, 0.29) is 5.91 Å². The van der Waals surface area contributed by atoms with E-state index in [4.69, 9.17) is 4.42 Å². The van der Waals surface area contributed by atoms with E-state index in [2.05, 4.69) is 15.5 Å². The number of benzene rings is 3. The second kappa shape index (κ2) is 8.52. The molecule has 4 rings (SSSR count). The first-order valence-corrected chi connectivity index (χ1v) is 9.53. The molecule has 4 aromatic rings. The van der Waals surface area contributed by atoms with Gasteiger partial charge in [0, 0.05) is 23.2 Å². The zero-order valence-corrected chi connectivity index (χ0v) is 16.1. The van der Waals surface area contributed by atoms with E-state index in [9.17, 15) is 4.79 Å². The molecular formula is C24H21N3O2. The van der Waals surface area contributed by atoms with Crippen molar-refractivity contribution in [1.29, 1.82) is 0 Å². The van der Waals surface area contributed by atoms with Crippen LogP contribution in [0.5, 0.6) is 0 Å². The minimum atomic E-state index is -0.0127. The number of anilines is 1. The van der Waals surface area contributed by atoms with E-state index in [1.807, 2.05) is 85.8 Å². The quantitative estimate of drug-likeness (QED) is 0.492. The van der Waals surface area contributed by atoms with Crippen LogP contribution in [0.3, 0.4) is 0 Å². The van der Waals surface area contributed by atoms with Gasteiger partial charge in [-0.1, -0.05) is 48.5 Å². The third-order valence-corrected chi connectivity index (χ3v) is 4.70. The lowest BCUT2D eigenvalue weighted by Gasteiger charge is -2.06. The Balaban J connectivity index is 1.39. The molecule has 1 amide bonds. The van der Waals surface area contributed by atoms with Crippen molar-refractivity contribution in [1.82, 2.24) is 10.2 Å². The third-order valence-electron chi connectivity index (χ3n) is 4.70. The number of carbonyl (C=O) groups is 1. The number of nitrogens with one attached hydrogen (secondary N) is 1. The summed E-state index contributed by atoms with van der Waals surface area (Å²) in [5.41, 5.74) is 4.70. The molecule has 0 atom stereocenters. The Kier molecular flexibility index (Phi) is 5.47. The third kappa shape index (κ3) is 4.58. The summed E-state index contributed by atoms with van der Waals surface area (Å²) in [5.74, 6) is 0.933. The van der Waals surface area contributed by atoms with Gasteiger partial charge in [-0.25, -0.2) is 0 Å². The van der Waals surface area contributed by atoms with E-state index in [0.29, 0.717) is 24.6 Å². The number of nitrogens with zero attached hydrogens (tertiary/aromatic N) is 2. The molecule has 1 N–H and O–H groups in total. The van der Waals surface area contributed by atoms with Crippen molar-refractivity contribution in [3.05, 3.63) is 90.0 Å². The number of amides is 1. The number of aryl methyl sites for hydroxylation is 2. The molecule has 29 heavy (non-hydrogen) atoms. The highest BCUT2D eigenvalue weighted by atomic mass is 16.4. The van der Waals surface area contributed by atoms with Crippen molar-refractivity contribution in [2.45, 2.75) is 19.8 Å². The van der Waals surface area contributed by atoms with Crippen LogP contribution < -0.4 is 5.32 Å². The van der Waals surface area contributed by atoms with Crippen LogP contribution in [0.15, 0.2) is 83.3 Å². The first kappa shape index (κ1) is 18.6. The molecule has 1 heterocycles. The maximum Gasteiger partial charge on any atom is 0.248 e. The molecule has 0 saturated heterocycles. The molecule has 0 aliphatic carbocycles. The number of rotatable bonds is 6. The minimum Gasteiger partial charge on any atom is -0.416 e. The van der Waals surface area contributed by atoms with E-state index in [1.54, 1.807) is 0 Å². The molecule has 0 aliphatic heterocycles. The summed E-state index contributed by atoms with van der Waals surface area (Å²) in [7, 11) is 0. The second-order valence-corrected chi connectivity index (χ2v) is 6.84. The highest BCUT2D eigenvalue weighted by Gasteiger charge is 2.12. The van der Waals surface area contributed by atoms with Gasteiger partial charge in [0.15, 0.2) is 0 Å². The fourth-order valence-electron chi connectivity index (χ4n) is 3.08. The second-order valence-electron chi connectivity index (χ2n) is 6.84. The van der Waals surface area contributed by atoms with E-state index in [1.165, 1.54) is 0 Å². The predicted octanol–water partition coefficient (Wildman–Crippen LogP) is 5.28. The van der Waals surface area contributed by atoms with Gasteiger partial charge in [0.2, 0.25) is 17.7 Å². The maximum absolute atomic E-state index is 12.2. The number of aromatic nitrogens is 2. The molecule has 5 heteroatoms. The molecule has 1 aromatic heterocycles. The van der Waals surface area contributed by atoms with Gasteiger partial charge in [-0.15, -0.1) is 10.2 Å². The van der Waals surface area contributed by atoms with E-state index >= 15 is 0 Å². The van der Waals surface area contributed by atoms with Crippen molar-refractivity contribution < 1.29 is 9.21 Å². The predicted molar refractivity (Wildman–Crippen MR) is 113 cm³/mol. The fourth-order valence-corrected chi connectivity index (χ4v) is 3.08. The van der Waals surface area contributed by atoms with Gasteiger partial charge in [0.25, 0.3) is 0 Å². The van der Waals surface area contributed by atoms with Crippen LogP contribution in [-0.2, 0) is 11.2 Å². The van der Waals surface area contributed by atoms with Gasteiger partial charge in [-0.05, 0) is 54.8 Å². The van der Waals surface area contributed by atoms with Crippen LogP contribution in [0, 0.1) is 6.92 Å². The highest BCUT2D eigenvalue weighted by Crippen LogP contribution is 2.26. The van der Waals surface area contributed by atoms with E-state index < -0.39 is 0 Å². The molecule has 0 saturated carbocycles. The van der Waals surface area contributed by atoms with Crippen LogP contribution in [0.4, 0.5) is 5.69 Å². The molecule has 0 fully saturated rings. The summed E-state index contributed by atoms with van der Waals surface area (Å²) in [6.45, 7) is 2.01. The highest BCUT2D eigenvalue weighted by molar-refractivity contribution is 5.91. The Morgan fingerprint density at radius 2 is 1.55 bits per heavy atom. The lowest BCUT2D eigenvalue weighted by atomic mass is 10.1. The monoisotopic (exact) mass is 383 g/mol. The lowest BCUT2D eigenvalue weighted by molar-refractivity contribution is -0.116. The summed E-state index contributed by atoms with van der Waals surface area (Å²) in [6, 6.07) is 25.3. The van der Waals surface area contributed by atoms with Gasteiger partial charge in [-0.2, -0.15) is 0 Å². The van der Waals surface area contributed by atoms with Gasteiger partial charge < -0.3 is 9.73 Å². The zero-order valence-electron chi connectivity index (χ0n) is 16.1. The van der Waals surface area contributed by atoms with Crippen molar-refractivity contribution in [3.63, 3.8) is 0 Å². The molecule has 0 aliphatic rings. The van der Waals surface area contributed by atoms with Crippen LogP contribution in [0.2, 0.25) is 0 Å². The van der Waals surface area contributed by atoms with Gasteiger partial charge >= 0.3 is 0 Å². The topological polar surface area (TPSA) is 68.0 Å². The fraction of sp³-hybridized carbons (Fsp3) is 0.125. The molecular weight excluding hydrogens is 362 g/mol. The molecule has 0 bridgehead atoms.